The summed E-state index contributed by atoms with van der Waals surface area (Å²) in [5.74, 6) is -1.29. The molecule has 7 nitrogen and oxygen atoms in total. The van der Waals surface area contributed by atoms with Crippen LogP contribution >= 0.6 is 0 Å². The van der Waals surface area contributed by atoms with Gasteiger partial charge in [-0.15, -0.1) is 0 Å². The highest BCUT2D eigenvalue weighted by Crippen LogP contribution is 2.36. The molecule has 1 aromatic rings. The van der Waals surface area contributed by atoms with Gasteiger partial charge in [0.15, 0.2) is 0 Å². The van der Waals surface area contributed by atoms with Gasteiger partial charge in [-0.05, 0) is 25.0 Å². The van der Waals surface area contributed by atoms with Gasteiger partial charge in [0.05, 0.1) is 10.3 Å². The average molecular weight is 306 g/mol. The molecule has 0 saturated heterocycles. The molecule has 2 N–H and O–H groups in total. The Bertz CT molecular complexity index is 576. The largest absolute Gasteiger partial charge is 0.481 e. The molecule has 0 bridgehead atoms. The van der Waals surface area contributed by atoms with E-state index >= 15 is 0 Å². The number of nitro groups is 1. The Hall–Kier alpha value is -2.44. The fraction of sp³-hybridized carbons (Fsp3) is 0.467. The van der Waals surface area contributed by atoms with Gasteiger partial charge in [0.2, 0.25) is 0 Å². The SMILES string of the molecule is O=C(NCC1(C(=O)O)CCCCC1)c1ccc([N+](=O)[O-])cc1. The van der Waals surface area contributed by atoms with Crippen LogP contribution in [-0.4, -0.2) is 28.5 Å². The summed E-state index contributed by atoms with van der Waals surface area (Å²) in [7, 11) is 0. The van der Waals surface area contributed by atoms with Gasteiger partial charge in [-0.1, -0.05) is 19.3 Å². The Kier molecular flexibility index (Phi) is 4.75. The summed E-state index contributed by atoms with van der Waals surface area (Å²) in [6, 6.07) is 5.23. The number of non-ortho nitro benzene ring substituents is 1. The molecule has 0 atom stereocenters. The van der Waals surface area contributed by atoms with Crippen LogP contribution in [0.25, 0.3) is 0 Å². The summed E-state index contributed by atoms with van der Waals surface area (Å²) in [6.07, 6.45) is 3.83. The van der Waals surface area contributed by atoms with E-state index in [1.165, 1.54) is 24.3 Å². The van der Waals surface area contributed by atoms with Crippen LogP contribution in [0, 0.1) is 15.5 Å². The van der Waals surface area contributed by atoms with E-state index in [1.54, 1.807) is 0 Å². The fourth-order valence-electron chi connectivity index (χ4n) is 2.78. The van der Waals surface area contributed by atoms with Crippen molar-refractivity contribution in [1.29, 1.82) is 0 Å². The van der Waals surface area contributed by atoms with Gasteiger partial charge in [-0.2, -0.15) is 0 Å². The van der Waals surface area contributed by atoms with E-state index in [0.29, 0.717) is 12.8 Å². The predicted molar refractivity (Wildman–Crippen MR) is 78.6 cm³/mol. The highest BCUT2D eigenvalue weighted by molar-refractivity contribution is 5.94. The maximum Gasteiger partial charge on any atom is 0.311 e. The van der Waals surface area contributed by atoms with Gasteiger partial charge in [-0.25, -0.2) is 0 Å². The third-order valence-corrected chi connectivity index (χ3v) is 4.19. The molecule has 22 heavy (non-hydrogen) atoms. The van der Waals surface area contributed by atoms with Crippen molar-refractivity contribution in [2.24, 2.45) is 5.41 Å². The molecular formula is C15H18N2O5. The zero-order valence-electron chi connectivity index (χ0n) is 12.1. The maximum atomic E-state index is 12.1. The summed E-state index contributed by atoms with van der Waals surface area (Å²) >= 11 is 0. The first-order chi connectivity index (χ1) is 10.4. The molecule has 0 unspecified atom stereocenters. The molecule has 0 aromatic heterocycles. The number of carboxylic acids is 1. The third kappa shape index (κ3) is 3.41. The number of carbonyl (C=O) groups excluding carboxylic acids is 1. The number of rotatable bonds is 5. The molecule has 1 aliphatic rings. The number of amides is 1. The van der Waals surface area contributed by atoms with Gasteiger partial charge in [0.1, 0.15) is 0 Å². The van der Waals surface area contributed by atoms with Crippen molar-refractivity contribution < 1.29 is 19.6 Å². The Morgan fingerprint density at radius 3 is 2.27 bits per heavy atom. The van der Waals surface area contributed by atoms with E-state index in [4.69, 9.17) is 0 Å². The zero-order valence-corrected chi connectivity index (χ0v) is 12.1. The summed E-state index contributed by atoms with van der Waals surface area (Å²) in [5, 5.41) is 22.7. The van der Waals surface area contributed by atoms with E-state index in [-0.39, 0.29) is 17.8 Å². The maximum absolute atomic E-state index is 12.1. The number of nitrogens with zero attached hydrogens (tertiary/aromatic N) is 1. The van der Waals surface area contributed by atoms with Gasteiger partial charge < -0.3 is 10.4 Å². The molecule has 1 amide bonds. The summed E-state index contributed by atoms with van der Waals surface area (Å²) in [5.41, 5.74) is -0.706. The summed E-state index contributed by atoms with van der Waals surface area (Å²) in [4.78, 5) is 33.6. The molecule has 2 rings (SSSR count). The number of hydrogen-bond donors (Lipinski definition) is 2. The number of nitrogens with one attached hydrogen (secondary N) is 1. The standard InChI is InChI=1S/C15H18N2O5/c18-13(11-4-6-12(7-5-11)17(21)22)16-10-15(14(19)20)8-2-1-3-9-15/h4-7H,1-3,8-10H2,(H,16,18)(H,19,20). The molecule has 1 aromatic carbocycles. The van der Waals surface area contributed by atoms with E-state index in [0.717, 1.165) is 19.3 Å². The normalized spacial score (nSPS) is 16.7. The minimum atomic E-state index is -0.894. The first-order valence-corrected chi connectivity index (χ1v) is 7.21. The van der Waals surface area contributed by atoms with Crippen LogP contribution in [0.15, 0.2) is 24.3 Å². The van der Waals surface area contributed by atoms with Crippen molar-refractivity contribution >= 4 is 17.6 Å². The van der Waals surface area contributed by atoms with Crippen LogP contribution in [0.1, 0.15) is 42.5 Å². The third-order valence-electron chi connectivity index (χ3n) is 4.19. The van der Waals surface area contributed by atoms with Gasteiger partial charge in [0, 0.05) is 24.2 Å². The quantitative estimate of drug-likeness (QED) is 0.641. The Balaban J connectivity index is 2.01. The molecule has 0 radical (unpaired) electrons. The van der Waals surface area contributed by atoms with E-state index in [2.05, 4.69) is 5.32 Å². The molecule has 1 aliphatic carbocycles. The summed E-state index contributed by atoms with van der Waals surface area (Å²) in [6.45, 7) is 0.0815. The Labute approximate surface area is 127 Å². The van der Waals surface area contributed by atoms with Gasteiger partial charge >= 0.3 is 5.97 Å². The lowest BCUT2D eigenvalue weighted by Gasteiger charge is -2.33. The molecule has 0 spiro atoms. The molecule has 118 valence electrons. The number of aliphatic carboxylic acids is 1. The summed E-state index contributed by atoms with van der Waals surface area (Å²) < 4.78 is 0. The van der Waals surface area contributed by atoms with Crippen molar-refractivity contribution in [3.63, 3.8) is 0 Å². The van der Waals surface area contributed by atoms with Crippen LogP contribution in [0.5, 0.6) is 0 Å². The minimum absolute atomic E-state index is 0.0815. The number of hydrogen-bond acceptors (Lipinski definition) is 4. The van der Waals surface area contributed by atoms with Crippen LogP contribution < -0.4 is 5.32 Å². The topological polar surface area (TPSA) is 110 Å². The molecular weight excluding hydrogens is 288 g/mol. The van der Waals surface area contributed by atoms with Crippen LogP contribution in [0.4, 0.5) is 5.69 Å². The minimum Gasteiger partial charge on any atom is -0.481 e. The molecule has 1 saturated carbocycles. The van der Waals surface area contributed by atoms with Crippen molar-refractivity contribution in [1.82, 2.24) is 5.32 Å². The number of carbonyl (C=O) groups is 2. The van der Waals surface area contributed by atoms with Crippen LogP contribution in [-0.2, 0) is 4.79 Å². The molecule has 7 heteroatoms. The Morgan fingerprint density at radius 1 is 1.18 bits per heavy atom. The number of carboxylic acid groups (broad SMARTS) is 1. The zero-order chi connectivity index (χ0) is 16.2. The highest BCUT2D eigenvalue weighted by atomic mass is 16.6. The first-order valence-electron chi connectivity index (χ1n) is 7.21. The fourth-order valence-corrected chi connectivity index (χ4v) is 2.78. The second-order valence-electron chi connectivity index (χ2n) is 5.63. The van der Waals surface area contributed by atoms with Crippen molar-refractivity contribution in [2.45, 2.75) is 32.1 Å². The smallest absolute Gasteiger partial charge is 0.311 e. The van der Waals surface area contributed by atoms with E-state index in [9.17, 15) is 24.8 Å². The van der Waals surface area contributed by atoms with Crippen molar-refractivity contribution in [2.75, 3.05) is 6.54 Å². The molecule has 0 heterocycles. The van der Waals surface area contributed by atoms with Crippen molar-refractivity contribution in [3.8, 4) is 0 Å². The second-order valence-corrected chi connectivity index (χ2v) is 5.63. The predicted octanol–water partition coefficient (Wildman–Crippen LogP) is 2.36. The van der Waals surface area contributed by atoms with Gasteiger partial charge in [-0.3, -0.25) is 19.7 Å². The number of benzene rings is 1. The van der Waals surface area contributed by atoms with Crippen LogP contribution in [0.2, 0.25) is 0 Å². The Morgan fingerprint density at radius 2 is 1.77 bits per heavy atom. The number of nitro benzene ring substituents is 1. The average Bonchev–Trinajstić information content (AvgIpc) is 2.53. The van der Waals surface area contributed by atoms with Crippen molar-refractivity contribution in [3.05, 3.63) is 39.9 Å². The lowest BCUT2D eigenvalue weighted by atomic mass is 9.74. The van der Waals surface area contributed by atoms with Gasteiger partial charge in [0.25, 0.3) is 11.6 Å². The monoisotopic (exact) mass is 306 g/mol. The van der Waals surface area contributed by atoms with Crippen LogP contribution in [0.3, 0.4) is 0 Å². The molecule has 0 aliphatic heterocycles. The molecule has 1 fully saturated rings. The lowest BCUT2D eigenvalue weighted by Crippen LogP contribution is -2.44. The first kappa shape index (κ1) is 15.9. The second kappa shape index (κ2) is 6.55. The highest BCUT2D eigenvalue weighted by Gasteiger charge is 2.39. The van der Waals surface area contributed by atoms with E-state index in [1.807, 2.05) is 0 Å². The lowest BCUT2D eigenvalue weighted by molar-refractivity contribution is -0.384. The van der Waals surface area contributed by atoms with E-state index < -0.39 is 22.2 Å².